The summed E-state index contributed by atoms with van der Waals surface area (Å²) in [7, 11) is 0. The highest BCUT2D eigenvalue weighted by atomic mass is 16.5. The Balaban J connectivity index is 2.69. The van der Waals surface area contributed by atoms with Crippen LogP contribution in [-0.4, -0.2) is 36.5 Å². The molecule has 4 nitrogen and oxygen atoms in total. The molecular formula is C16H19NO3. The zero-order valence-electron chi connectivity index (χ0n) is 11.9. The molecule has 0 fully saturated rings. The second-order valence-electron chi connectivity index (χ2n) is 4.15. The minimum absolute atomic E-state index is 0.0516. The molecule has 0 aromatic heterocycles. The predicted octanol–water partition coefficient (Wildman–Crippen LogP) is 1.84. The number of carbonyl (C=O) groups excluding carboxylic acids is 2. The summed E-state index contributed by atoms with van der Waals surface area (Å²) in [5.74, 6) is 4.59. The van der Waals surface area contributed by atoms with Gasteiger partial charge in [0.25, 0.3) is 5.91 Å². The summed E-state index contributed by atoms with van der Waals surface area (Å²) in [5.41, 5.74) is 0.772. The van der Waals surface area contributed by atoms with E-state index in [0.29, 0.717) is 13.2 Å². The van der Waals surface area contributed by atoms with Crippen molar-refractivity contribution < 1.29 is 14.3 Å². The third-order valence-electron chi connectivity index (χ3n) is 2.49. The van der Waals surface area contributed by atoms with Crippen molar-refractivity contribution in [3.8, 4) is 11.8 Å². The van der Waals surface area contributed by atoms with E-state index in [9.17, 15) is 9.59 Å². The highest BCUT2D eigenvalue weighted by molar-refractivity contribution is 5.95. The van der Waals surface area contributed by atoms with E-state index in [2.05, 4.69) is 11.8 Å². The number of rotatable bonds is 5. The summed E-state index contributed by atoms with van der Waals surface area (Å²) in [6.45, 7) is 4.42. The van der Waals surface area contributed by atoms with Crippen LogP contribution in [0.15, 0.2) is 30.3 Å². The quantitative estimate of drug-likeness (QED) is 0.607. The smallest absolute Gasteiger partial charge is 0.325 e. The second-order valence-corrected chi connectivity index (χ2v) is 4.15. The van der Waals surface area contributed by atoms with Crippen molar-refractivity contribution in [1.29, 1.82) is 0 Å². The van der Waals surface area contributed by atoms with Crippen LogP contribution in [0.25, 0.3) is 0 Å². The Hall–Kier alpha value is -2.28. The number of hydrogen-bond donors (Lipinski definition) is 0. The van der Waals surface area contributed by atoms with Crippen molar-refractivity contribution in [3.05, 3.63) is 35.9 Å². The minimum Gasteiger partial charge on any atom is -0.465 e. The first-order valence-corrected chi connectivity index (χ1v) is 6.69. The molecule has 0 radical (unpaired) electrons. The molecule has 0 unspecified atom stereocenters. The van der Waals surface area contributed by atoms with E-state index in [4.69, 9.17) is 4.74 Å². The molecule has 0 aliphatic rings. The number of benzene rings is 1. The topological polar surface area (TPSA) is 46.6 Å². The van der Waals surface area contributed by atoms with Crippen molar-refractivity contribution >= 4 is 11.9 Å². The van der Waals surface area contributed by atoms with Gasteiger partial charge < -0.3 is 9.64 Å². The maximum atomic E-state index is 12.0. The number of carbonyl (C=O) groups is 2. The lowest BCUT2D eigenvalue weighted by atomic mass is 10.2. The van der Waals surface area contributed by atoms with E-state index in [1.165, 1.54) is 4.90 Å². The molecule has 106 valence electrons. The van der Waals surface area contributed by atoms with Gasteiger partial charge in [-0.15, -0.1) is 0 Å². The van der Waals surface area contributed by atoms with Gasteiger partial charge in [0.1, 0.15) is 6.54 Å². The van der Waals surface area contributed by atoms with Crippen LogP contribution in [0.3, 0.4) is 0 Å². The highest BCUT2D eigenvalue weighted by Gasteiger charge is 2.15. The lowest BCUT2D eigenvalue weighted by Gasteiger charge is -2.17. The molecule has 0 aliphatic carbocycles. The van der Waals surface area contributed by atoms with Gasteiger partial charge in [0.2, 0.25) is 0 Å². The fraction of sp³-hybridized carbons (Fsp3) is 0.375. The van der Waals surface area contributed by atoms with Crippen molar-refractivity contribution in [2.75, 3.05) is 19.7 Å². The van der Waals surface area contributed by atoms with Crippen LogP contribution < -0.4 is 0 Å². The fourth-order valence-corrected chi connectivity index (χ4v) is 1.61. The first-order valence-electron chi connectivity index (χ1n) is 6.69. The van der Waals surface area contributed by atoms with Crippen molar-refractivity contribution in [3.63, 3.8) is 0 Å². The summed E-state index contributed by atoms with van der Waals surface area (Å²) in [6.07, 6.45) is 0.762. The Labute approximate surface area is 119 Å². The maximum Gasteiger partial charge on any atom is 0.325 e. The molecule has 4 heteroatoms. The number of hydrogen-bond acceptors (Lipinski definition) is 3. The van der Waals surface area contributed by atoms with Gasteiger partial charge in [0.05, 0.1) is 6.61 Å². The molecule has 0 saturated heterocycles. The molecule has 0 N–H and O–H groups in total. The van der Waals surface area contributed by atoms with Crippen LogP contribution in [0.4, 0.5) is 0 Å². The Morgan fingerprint density at radius 2 is 1.90 bits per heavy atom. The number of nitrogens with zero attached hydrogens (tertiary/aromatic N) is 1. The summed E-state index contributed by atoms with van der Waals surface area (Å²) in [4.78, 5) is 24.8. The van der Waals surface area contributed by atoms with Gasteiger partial charge in [0, 0.05) is 18.0 Å². The Bertz CT molecular complexity index is 499. The van der Waals surface area contributed by atoms with Gasteiger partial charge in [-0.1, -0.05) is 31.0 Å². The third-order valence-corrected chi connectivity index (χ3v) is 2.49. The molecule has 0 bridgehead atoms. The first-order chi connectivity index (χ1) is 9.67. The standard InChI is InChI=1S/C16H19NO3/c1-3-12-17(13-16(19)20-4-2)15(18)11-10-14-8-6-5-7-9-14/h5-9H,3-4,12-13H2,1-2H3. The van der Waals surface area contributed by atoms with Crippen LogP contribution in [0.2, 0.25) is 0 Å². The summed E-state index contributed by atoms with van der Waals surface area (Å²) < 4.78 is 4.85. The molecule has 0 atom stereocenters. The highest BCUT2D eigenvalue weighted by Crippen LogP contribution is 1.97. The summed E-state index contributed by atoms with van der Waals surface area (Å²) in [6, 6.07) is 9.26. The molecule has 1 aromatic carbocycles. The lowest BCUT2D eigenvalue weighted by molar-refractivity contribution is -0.147. The van der Waals surface area contributed by atoms with Crippen LogP contribution in [0, 0.1) is 11.8 Å². The van der Waals surface area contributed by atoms with Gasteiger partial charge in [-0.05, 0) is 25.5 Å². The largest absolute Gasteiger partial charge is 0.465 e. The molecule has 20 heavy (non-hydrogen) atoms. The summed E-state index contributed by atoms with van der Waals surface area (Å²) >= 11 is 0. The first kappa shape index (κ1) is 15.8. The van der Waals surface area contributed by atoms with E-state index in [0.717, 1.165) is 12.0 Å². The third kappa shape index (κ3) is 5.57. The Kier molecular flexibility index (Phi) is 6.91. The average molecular weight is 273 g/mol. The molecule has 0 spiro atoms. The molecule has 1 amide bonds. The van der Waals surface area contributed by atoms with Crippen molar-refractivity contribution in [2.24, 2.45) is 0 Å². The Morgan fingerprint density at radius 1 is 1.20 bits per heavy atom. The second kappa shape index (κ2) is 8.76. The zero-order valence-corrected chi connectivity index (χ0v) is 11.9. The van der Waals surface area contributed by atoms with Crippen LogP contribution in [0.1, 0.15) is 25.8 Å². The SMILES string of the molecule is CCCN(CC(=O)OCC)C(=O)C#Cc1ccccc1. The summed E-state index contributed by atoms with van der Waals surface area (Å²) in [5, 5.41) is 0. The number of ether oxygens (including phenoxy) is 1. The average Bonchev–Trinajstić information content (AvgIpc) is 2.45. The molecule has 1 aromatic rings. The van der Waals surface area contributed by atoms with Gasteiger partial charge in [-0.25, -0.2) is 0 Å². The van der Waals surface area contributed by atoms with Crippen molar-refractivity contribution in [2.45, 2.75) is 20.3 Å². The van der Waals surface area contributed by atoms with Crippen LogP contribution in [-0.2, 0) is 14.3 Å². The normalized spacial score (nSPS) is 9.30. The number of esters is 1. The molecule has 0 aliphatic heterocycles. The van der Waals surface area contributed by atoms with E-state index in [1.54, 1.807) is 6.92 Å². The predicted molar refractivity (Wildman–Crippen MR) is 76.8 cm³/mol. The van der Waals surface area contributed by atoms with Gasteiger partial charge in [0.15, 0.2) is 0 Å². The van der Waals surface area contributed by atoms with Crippen LogP contribution in [0.5, 0.6) is 0 Å². The van der Waals surface area contributed by atoms with Gasteiger partial charge in [-0.2, -0.15) is 0 Å². The molecule has 0 saturated carbocycles. The van der Waals surface area contributed by atoms with Gasteiger partial charge >= 0.3 is 5.97 Å². The van der Waals surface area contributed by atoms with E-state index in [1.807, 2.05) is 37.3 Å². The number of amides is 1. The van der Waals surface area contributed by atoms with Crippen LogP contribution >= 0.6 is 0 Å². The Morgan fingerprint density at radius 3 is 2.50 bits per heavy atom. The fourth-order valence-electron chi connectivity index (χ4n) is 1.61. The van der Waals surface area contributed by atoms with E-state index < -0.39 is 5.97 Å². The molecule has 1 rings (SSSR count). The zero-order chi connectivity index (χ0) is 14.8. The minimum atomic E-state index is -0.407. The lowest BCUT2D eigenvalue weighted by Crippen LogP contribution is -2.36. The monoisotopic (exact) mass is 273 g/mol. The van der Waals surface area contributed by atoms with E-state index in [-0.39, 0.29) is 12.5 Å². The maximum absolute atomic E-state index is 12.0. The van der Waals surface area contributed by atoms with E-state index >= 15 is 0 Å². The van der Waals surface area contributed by atoms with Crippen molar-refractivity contribution in [1.82, 2.24) is 4.90 Å². The van der Waals surface area contributed by atoms with Gasteiger partial charge in [-0.3, -0.25) is 9.59 Å². The molecular weight excluding hydrogens is 254 g/mol. The molecule has 0 heterocycles.